The second-order valence-corrected chi connectivity index (χ2v) is 7.32. The first-order chi connectivity index (χ1) is 13.4. The Labute approximate surface area is 171 Å². The van der Waals surface area contributed by atoms with Crippen LogP contribution in [0.4, 0.5) is 9.18 Å². The van der Waals surface area contributed by atoms with E-state index in [1.165, 1.54) is 18.2 Å². The molecule has 2 aromatic carbocycles. The minimum atomic E-state index is -0.762. The molecule has 8 heteroatoms. The Balaban J connectivity index is 1.44. The highest BCUT2D eigenvalue weighted by Gasteiger charge is 2.45. The summed E-state index contributed by atoms with van der Waals surface area (Å²) in [5.74, 6) is -1.06. The second-order valence-electron chi connectivity index (χ2n) is 6.48. The summed E-state index contributed by atoms with van der Waals surface area (Å²) in [5, 5.41) is 0.823. The van der Waals surface area contributed by atoms with Gasteiger partial charge in [0.1, 0.15) is 12.4 Å². The molecule has 0 aliphatic heterocycles. The van der Waals surface area contributed by atoms with E-state index < -0.39 is 17.8 Å². The standard InChI is InChI=1S/C20H17Cl2FN2O3/c21-15-5-3-14(4-6-15)20(9-10-20)12-28-19(27)25-24-18(26)8-2-13-1-7-16(23)11-17(13)22/h1-8,11H,9-10,12H2,(H,24,26)(H,25,27). The van der Waals surface area contributed by atoms with E-state index in [0.717, 1.165) is 30.5 Å². The van der Waals surface area contributed by atoms with Crippen LogP contribution in [0.3, 0.4) is 0 Å². The maximum Gasteiger partial charge on any atom is 0.426 e. The molecule has 2 aromatic rings. The first-order valence-corrected chi connectivity index (χ1v) is 9.25. The summed E-state index contributed by atoms with van der Waals surface area (Å²) in [7, 11) is 0. The average Bonchev–Trinajstić information content (AvgIpc) is 3.45. The molecular formula is C20H17Cl2FN2O3. The van der Waals surface area contributed by atoms with Crippen LogP contribution in [0.25, 0.3) is 6.08 Å². The van der Waals surface area contributed by atoms with Gasteiger partial charge in [-0.15, -0.1) is 0 Å². The van der Waals surface area contributed by atoms with E-state index in [-0.39, 0.29) is 17.0 Å². The predicted octanol–water partition coefficient (Wildman–Crippen LogP) is 4.63. The third-order valence-corrected chi connectivity index (χ3v) is 5.03. The maximum absolute atomic E-state index is 13.0. The summed E-state index contributed by atoms with van der Waals surface area (Å²) in [4.78, 5) is 23.6. The van der Waals surface area contributed by atoms with Crippen LogP contribution in [-0.4, -0.2) is 18.6 Å². The normalized spacial score (nSPS) is 14.5. The molecule has 2 amide bonds. The average molecular weight is 423 g/mol. The molecule has 0 radical (unpaired) electrons. The van der Waals surface area contributed by atoms with Crippen molar-refractivity contribution in [2.24, 2.45) is 0 Å². The van der Waals surface area contributed by atoms with Crippen LogP contribution in [0.2, 0.25) is 10.0 Å². The van der Waals surface area contributed by atoms with Crippen molar-refractivity contribution in [3.63, 3.8) is 0 Å². The smallest absolute Gasteiger partial charge is 0.426 e. The Morgan fingerprint density at radius 3 is 2.46 bits per heavy atom. The van der Waals surface area contributed by atoms with Gasteiger partial charge in [-0.3, -0.25) is 10.2 Å². The van der Waals surface area contributed by atoms with E-state index in [0.29, 0.717) is 10.6 Å². The zero-order valence-electron chi connectivity index (χ0n) is 14.7. The molecule has 0 atom stereocenters. The van der Waals surface area contributed by atoms with Crippen LogP contribution in [0.15, 0.2) is 48.5 Å². The number of amides is 2. The van der Waals surface area contributed by atoms with Gasteiger partial charge in [0.25, 0.3) is 5.91 Å². The van der Waals surface area contributed by atoms with E-state index in [4.69, 9.17) is 27.9 Å². The van der Waals surface area contributed by atoms with Crippen molar-refractivity contribution < 1.29 is 18.7 Å². The van der Waals surface area contributed by atoms with Gasteiger partial charge in [-0.2, -0.15) is 0 Å². The minimum absolute atomic E-state index is 0.174. The molecule has 0 unspecified atom stereocenters. The quantitative estimate of drug-likeness (QED) is 0.544. The van der Waals surface area contributed by atoms with Gasteiger partial charge in [0.05, 0.1) is 5.02 Å². The number of nitrogens with one attached hydrogen (secondary N) is 2. The van der Waals surface area contributed by atoms with E-state index in [1.807, 2.05) is 12.1 Å². The molecule has 1 fully saturated rings. The molecule has 0 bridgehead atoms. The molecule has 3 rings (SSSR count). The fourth-order valence-corrected chi connectivity index (χ4v) is 3.02. The van der Waals surface area contributed by atoms with Crippen molar-refractivity contribution in [3.8, 4) is 0 Å². The predicted molar refractivity (Wildman–Crippen MR) is 105 cm³/mol. The maximum atomic E-state index is 13.0. The number of hydrogen-bond donors (Lipinski definition) is 2. The molecule has 146 valence electrons. The highest BCUT2D eigenvalue weighted by atomic mass is 35.5. The van der Waals surface area contributed by atoms with Gasteiger partial charge in [0.15, 0.2) is 0 Å². The fourth-order valence-electron chi connectivity index (χ4n) is 2.67. The zero-order valence-corrected chi connectivity index (χ0v) is 16.2. The highest BCUT2D eigenvalue weighted by Crippen LogP contribution is 2.48. The molecule has 0 saturated heterocycles. The minimum Gasteiger partial charge on any atom is -0.447 e. The van der Waals surface area contributed by atoms with Crippen molar-refractivity contribution in [1.82, 2.24) is 10.9 Å². The Morgan fingerprint density at radius 1 is 1.11 bits per heavy atom. The van der Waals surface area contributed by atoms with Crippen molar-refractivity contribution in [3.05, 3.63) is 75.5 Å². The summed E-state index contributed by atoms with van der Waals surface area (Å²) < 4.78 is 18.2. The van der Waals surface area contributed by atoms with Gasteiger partial charge in [0, 0.05) is 16.5 Å². The van der Waals surface area contributed by atoms with Gasteiger partial charge in [-0.05, 0) is 54.3 Å². The Morgan fingerprint density at radius 2 is 1.82 bits per heavy atom. The first-order valence-electron chi connectivity index (χ1n) is 8.50. The topological polar surface area (TPSA) is 67.4 Å². The molecular weight excluding hydrogens is 406 g/mol. The Bertz CT molecular complexity index is 912. The SMILES string of the molecule is O=C(C=Cc1ccc(F)cc1Cl)NNC(=O)OCC1(c2ccc(Cl)cc2)CC1. The lowest BCUT2D eigenvalue weighted by Gasteiger charge is -2.16. The Kier molecular flexibility index (Phi) is 6.21. The number of halogens is 3. The summed E-state index contributed by atoms with van der Waals surface area (Å²) in [6.07, 6.45) is 3.63. The van der Waals surface area contributed by atoms with Crippen molar-refractivity contribution >= 4 is 41.3 Å². The molecule has 1 saturated carbocycles. The lowest BCUT2D eigenvalue weighted by atomic mass is 9.97. The lowest BCUT2D eigenvalue weighted by molar-refractivity contribution is -0.117. The van der Waals surface area contributed by atoms with Gasteiger partial charge >= 0.3 is 6.09 Å². The lowest BCUT2D eigenvalue weighted by Crippen LogP contribution is -2.41. The summed E-state index contributed by atoms with van der Waals surface area (Å²) in [6.45, 7) is 0.206. The van der Waals surface area contributed by atoms with Crippen LogP contribution < -0.4 is 10.9 Å². The number of benzene rings is 2. The molecule has 0 aromatic heterocycles. The molecule has 0 spiro atoms. The molecule has 28 heavy (non-hydrogen) atoms. The van der Waals surface area contributed by atoms with Crippen molar-refractivity contribution in [1.29, 1.82) is 0 Å². The number of rotatable bonds is 5. The van der Waals surface area contributed by atoms with Crippen LogP contribution >= 0.6 is 23.2 Å². The Hall–Kier alpha value is -2.57. The number of ether oxygens (including phenoxy) is 1. The number of carbonyl (C=O) groups is 2. The number of hydrogen-bond acceptors (Lipinski definition) is 3. The van der Waals surface area contributed by atoms with Crippen LogP contribution in [0, 0.1) is 5.82 Å². The number of carbonyl (C=O) groups excluding carboxylic acids is 2. The fraction of sp³-hybridized carbons (Fsp3) is 0.200. The van der Waals surface area contributed by atoms with E-state index >= 15 is 0 Å². The summed E-state index contributed by atoms with van der Waals surface area (Å²) >= 11 is 11.8. The highest BCUT2D eigenvalue weighted by molar-refractivity contribution is 6.32. The van der Waals surface area contributed by atoms with E-state index in [1.54, 1.807) is 12.1 Å². The van der Waals surface area contributed by atoms with Gasteiger partial charge in [0.2, 0.25) is 0 Å². The summed E-state index contributed by atoms with van der Waals surface area (Å²) in [5.41, 5.74) is 5.73. The van der Waals surface area contributed by atoms with Gasteiger partial charge in [-0.25, -0.2) is 14.6 Å². The summed E-state index contributed by atoms with van der Waals surface area (Å²) in [6, 6.07) is 11.3. The molecule has 1 aliphatic carbocycles. The largest absolute Gasteiger partial charge is 0.447 e. The molecule has 5 nitrogen and oxygen atoms in total. The molecule has 1 aliphatic rings. The van der Waals surface area contributed by atoms with Crippen molar-refractivity contribution in [2.75, 3.05) is 6.61 Å². The third-order valence-electron chi connectivity index (χ3n) is 4.45. The van der Waals surface area contributed by atoms with Crippen molar-refractivity contribution in [2.45, 2.75) is 18.3 Å². The zero-order chi connectivity index (χ0) is 20.1. The van der Waals surface area contributed by atoms with E-state index in [9.17, 15) is 14.0 Å². The van der Waals surface area contributed by atoms with Gasteiger partial charge < -0.3 is 4.74 Å². The van der Waals surface area contributed by atoms with Crippen LogP contribution in [-0.2, 0) is 14.9 Å². The molecule has 2 N–H and O–H groups in total. The first kappa shape index (κ1) is 20.2. The monoisotopic (exact) mass is 422 g/mol. The second kappa shape index (κ2) is 8.63. The molecule has 0 heterocycles. The van der Waals surface area contributed by atoms with E-state index in [2.05, 4.69) is 10.9 Å². The van der Waals surface area contributed by atoms with Gasteiger partial charge in [-0.1, -0.05) is 41.4 Å². The number of hydrazine groups is 1. The van der Waals surface area contributed by atoms with Crippen LogP contribution in [0.1, 0.15) is 24.0 Å². The van der Waals surface area contributed by atoms with Crippen LogP contribution in [0.5, 0.6) is 0 Å². The third kappa shape index (κ3) is 5.24.